The van der Waals surface area contributed by atoms with Gasteiger partial charge in [-0.25, -0.2) is 23.1 Å². The van der Waals surface area contributed by atoms with Crippen LogP contribution in [0.2, 0.25) is 0 Å². The molecule has 9 nitrogen and oxygen atoms in total. The highest BCUT2D eigenvalue weighted by Gasteiger charge is 2.25. The fraction of sp³-hybridized carbons (Fsp3) is 0.346. The van der Waals surface area contributed by atoms with Gasteiger partial charge in [0.2, 0.25) is 0 Å². The Kier molecular flexibility index (Phi) is 9.84. The summed E-state index contributed by atoms with van der Waals surface area (Å²) in [4.78, 5) is 19.3. The van der Waals surface area contributed by atoms with Crippen LogP contribution in [0.15, 0.2) is 71.9 Å². The van der Waals surface area contributed by atoms with Crippen molar-refractivity contribution in [2.24, 2.45) is 0 Å². The first-order valence-corrected chi connectivity index (χ1v) is 13.3. The normalized spacial score (nSPS) is 12.9. The minimum atomic E-state index is -4.01. The number of carboxylic acid groups (broad SMARTS) is 1. The molecule has 3 aromatic rings. The maximum absolute atomic E-state index is 13.1. The van der Waals surface area contributed by atoms with Gasteiger partial charge in [0.15, 0.2) is 5.03 Å². The Balaban J connectivity index is 1.85. The first-order valence-electron chi connectivity index (χ1n) is 11.8. The minimum absolute atomic E-state index is 0.0816. The molecule has 2 heterocycles. The van der Waals surface area contributed by atoms with E-state index in [4.69, 9.17) is 5.11 Å². The van der Waals surface area contributed by atoms with Crippen molar-refractivity contribution in [3.8, 4) is 0 Å². The van der Waals surface area contributed by atoms with Crippen LogP contribution >= 0.6 is 0 Å². The highest BCUT2D eigenvalue weighted by atomic mass is 32.2. The molecule has 1 aromatic carbocycles. The molecule has 204 valence electrons. The standard InChI is InChI=1S/C26H30F2N4O5S/c1-26(2,13-15-37-25(27)28)19-11-9-18(10-12-19)16-21(32-38(35,36)23-8-3-4-14-29-23)20-6-5-7-22(31-20)30-17-24(33)34/h3-12,14,21,25,32H,13,15-17H2,1-2H3,(H,30,31)(H,33,34). The Morgan fingerprint density at radius 3 is 2.45 bits per heavy atom. The molecule has 0 saturated heterocycles. The highest BCUT2D eigenvalue weighted by molar-refractivity contribution is 7.89. The van der Waals surface area contributed by atoms with Crippen molar-refractivity contribution in [2.75, 3.05) is 18.5 Å². The van der Waals surface area contributed by atoms with E-state index in [0.29, 0.717) is 12.1 Å². The summed E-state index contributed by atoms with van der Waals surface area (Å²) in [5.41, 5.74) is 1.68. The monoisotopic (exact) mass is 548 g/mol. The molecule has 1 unspecified atom stereocenters. The van der Waals surface area contributed by atoms with Crippen molar-refractivity contribution in [1.82, 2.24) is 14.7 Å². The van der Waals surface area contributed by atoms with Gasteiger partial charge in [0.25, 0.3) is 10.0 Å². The summed E-state index contributed by atoms with van der Waals surface area (Å²) in [5.74, 6) is -0.775. The van der Waals surface area contributed by atoms with Gasteiger partial charge in [-0.15, -0.1) is 0 Å². The van der Waals surface area contributed by atoms with E-state index in [9.17, 15) is 22.0 Å². The fourth-order valence-corrected chi connectivity index (χ4v) is 4.90. The number of aromatic nitrogens is 2. The first kappa shape index (κ1) is 29.1. The van der Waals surface area contributed by atoms with Crippen molar-refractivity contribution in [3.63, 3.8) is 0 Å². The number of rotatable bonds is 14. The van der Waals surface area contributed by atoms with Gasteiger partial charge in [-0.1, -0.05) is 50.2 Å². The molecule has 0 saturated carbocycles. The van der Waals surface area contributed by atoms with E-state index in [1.54, 1.807) is 30.3 Å². The second-order valence-corrected chi connectivity index (χ2v) is 10.9. The number of ether oxygens (including phenoxy) is 1. The van der Waals surface area contributed by atoms with E-state index in [0.717, 1.165) is 11.1 Å². The minimum Gasteiger partial charge on any atom is -0.480 e. The van der Waals surface area contributed by atoms with Gasteiger partial charge in [-0.2, -0.15) is 8.78 Å². The number of pyridine rings is 2. The molecular formula is C26H30F2N4O5S. The summed E-state index contributed by atoms with van der Waals surface area (Å²) in [7, 11) is -4.01. The summed E-state index contributed by atoms with van der Waals surface area (Å²) >= 11 is 0. The third-order valence-electron chi connectivity index (χ3n) is 5.91. The van der Waals surface area contributed by atoms with E-state index in [1.807, 2.05) is 38.1 Å². The molecule has 2 aromatic heterocycles. The zero-order valence-corrected chi connectivity index (χ0v) is 21.8. The number of sulfonamides is 1. The Bertz CT molecular complexity index is 1310. The Hall–Kier alpha value is -3.48. The number of carboxylic acids is 1. The molecule has 0 spiro atoms. The number of carbonyl (C=O) groups is 1. The second kappa shape index (κ2) is 12.9. The number of hydrogen-bond donors (Lipinski definition) is 3. The summed E-state index contributed by atoms with van der Waals surface area (Å²) in [6.07, 6.45) is 2.00. The number of benzene rings is 1. The molecule has 3 rings (SSSR count). The van der Waals surface area contributed by atoms with E-state index in [-0.39, 0.29) is 30.4 Å². The van der Waals surface area contributed by atoms with Crippen molar-refractivity contribution in [1.29, 1.82) is 0 Å². The number of anilines is 1. The average molecular weight is 549 g/mol. The van der Waals surface area contributed by atoms with Gasteiger partial charge in [-0.3, -0.25) is 4.79 Å². The van der Waals surface area contributed by atoms with Crippen LogP contribution in [-0.4, -0.2) is 49.2 Å². The van der Waals surface area contributed by atoms with Gasteiger partial charge in [-0.05, 0) is 53.6 Å². The number of hydrogen-bond acceptors (Lipinski definition) is 7. The Morgan fingerprint density at radius 2 is 1.82 bits per heavy atom. The molecule has 3 N–H and O–H groups in total. The van der Waals surface area contributed by atoms with Gasteiger partial charge in [0, 0.05) is 6.20 Å². The molecule has 0 aliphatic carbocycles. The van der Waals surface area contributed by atoms with E-state index in [2.05, 4.69) is 24.7 Å². The SMILES string of the molecule is CC(C)(CCOC(F)F)c1ccc(CC(NS(=O)(=O)c2ccccn2)c2cccc(NCC(=O)O)n2)cc1. The Labute approximate surface area is 220 Å². The average Bonchev–Trinajstić information content (AvgIpc) is 2.87. The zero-order chi connectivity index (χ0) is 27.8. The summed E-state index contributed by atoms with van der Waals surface area (Å²) in [6, 6.07) is 16.1. The second-order valence-electron chi connectivity index (χ2n) is 9.20. The predicted octanol–water partition coefficient (Wildman–Crippen LogP) is 4.14. The van der Waals surface area contributed by atoms with Crippen LogP contribution < -0.4 is 10.0 Å². The van der Waals surface area contributed by atoms with Crippen LogP contribution in [0.1, 0.15) is 43.1 Å². The first-order chi connectivity index (χ1) is 18.0. The Morgan fingerprint density at radius 1 is 1.08 bits per heavy atom. The fourth-order valence-electron chi connectivity index (χ4n) is 3.75. The van der Waals surface area contributed by atoms with Crippen molar-refractivity contribution in [2.45, 2.75) is 49.8 Å². The number of aliphatic carboxylic acids is 1. The number of nitrogens with one attached hydrogen (secondary N) is 2. The molecule has 0 aliphatic rings. The van der Waals surface area contributed by atoms with Gasteiger partial charge in [0.1, 0.15) is 12.4 Å². The summed E-state index contributed by atoms with van der Waals surface area (Å²) in [6.45, 7) is 0.619. The highest BCUT2D eigenvalue weighted by Crippen LogP contribution is 2.29. The van der Waals surface area contributed by atoms with E-state index >= 15 is 0 Å². The van der Waals surface area contributed by atoms with E-state index < -0.39 is 34.1 Å². The number of alkyl halides is 2. The quantitative estimate of drug-likeness (QED) is 0.274. The largest absolute Gasteiger partial charge is 0.480 e. The third-order valence-corrected chi connectivity index (χ3v) is 7.29. The number of nitrogens with zero attached hydrogens (tertiary/aromatic N) is 2. The summed E-state index contributed by atoms with van der Waals surface area (Å²) < 4.78 is 57.9. The van der Waals surface area contributed by atoms with Gasteiger partial charge >= 0.3 is 12.6 Å². The van der Waals surface area contributed by atoms with Crippen LogP contribution in [0, 0.1) is 0 Å². The van der Waals surface area contributed by atoms with Crippen LogP contribution in [0.5, 0.6) is 0 Å². The molecule has 12 heteroatoms. The smallest absolute Gasteiger partial charge is 0.345 e. The van der Waals surface area contributed by atoms with E-state index in [1.165, 1.54) is 12.3 Å². The van der Waals surface area contributed by atoms with Gasteiger partial charge < -0.3 is 15.2 Å². The van der Waals surface area contributed by atoms with Crippen molar-refractivity contribution in [3.05, 3.63) is 83.7 Å². The molecule has 0 bridgehead atoms. The topological polar surface area (TPSA) is 131 Å². The maximum Gasteiger partial charge on any atom is 0.345 e. The third kappa shape index (κ3) is 8.54. The van der Waals surface area contributed by atoms with Crippen LogP contribution in [-0.2, 0) is 31.4 Å². The van der Waals surface area contributed by atoms with Crippen LogP contribution in [0.4, 0.5) is 14.6 Å². The lowest BCUT2D eigenvalue weighted by molar-refractivity contribution is -0.135. The van der Waals surface area contributed by atoms with Crippen molar-refractivity contribution >= 4 is 21.8 Å². The lowest BCUT2D eigenvalue weighted by Gasteiger charge is -2.26. The predicted molar refractivity (Wildman–Crippen MR) is 137 cm³/mol. The zero-order valence-electron chi connectivity index (χ0n) is 21.0. The molecule has 0 amide bonds. The van der Waals surface area contributed by atoms with Gasteiger partial charge in [0.05, 0.1) is 18.3 Å². The summed E-state index contributed by atoms with van der Waals surface area (Å²) in [5, 5.41) is 11.5. The number of halogens is 2. The molecular weight excluding hydrogens is 518 g/mol. The lowest BCUT2D eigenvalue weighted by atomic mass is 9.81. The van der Waals surface area contributed by atoms with Crippen LogP contribution in [0.25, 0.3) is 0 Å². The molecule has 38 heavy (non-hydrogen) atoms. The van der Waals surface area contributed by atoms with Crippen molar-refractivity contribution < 1.29 is 31.8 Å². The molecule has 0 aliphatic heterocycles. The molecule has 1 atom stereocenters. The molecule has 0 fully saturated rings. The van der Waals surface area contributed by atoms with Crippen LogP contribution in [0.3, 0.4) is 0 Å². The molecule has 0 radical (unpaired) electrons. The maximum atomic E-state index is 13.1. The lowest BCUT2D eigenvalue weighted by Crippen LogP contribution is -2.31.